The van der Waals surface area contributed by atoms with Gasteiger partial charge in [0.05, 0.1) is 6.07 Å². The van der Waals surface area contributed by atoms with Gasteiger partial charge in [-0.3, -0.25) is 5.32 Å². The van der Waals surface area contributed by atoms with E-state index in [2.05, 4.69) is 42.2 Å². The Labute approximate surface area is 124 Å². The first-order valence-electron chi connectivity index (χ1n) is 8.17. The number of hydrogen-bond acceptors (Lipinski definition) is 4. The molecule has 2 aliphatic rings. The van der Waals surface area contributed by atoms with Crippen LogP contribution in [0.5, 0.6) is 0 Å². The molecule has 20 heavy (non-hydrogen) atoms. The highest BCUT2D eigenvalue weighted by Gasteiger charge is 2.37. The lowest BCUT2D eigenvalue weighted by Crippen LogP contribution is -2.53. The van der Waals surface area contributed by atoms with Crippen LogP contribution in [0, 0.1) is 11.3 Å². The molecule has 2 rings (SSSR count). The van der Waals surface area contributed by atoms with Crippen LogP contribution in [-0.4, -0.2) is 61.2 Å². The molecule has 4 heteroatoms. The van der Waals surface area contributed by atoms with Gasteiger partial charge in [0.1, 0.15) is 5.54 Å². The van der Waals surface area contributed by atoms with Gasteiger partial charge in [0.25, 0.3) is 0 Å². The van der Waals surface area contributed by atoms with E-state index in [1.54, 1.807) is 0 Å². The normalized spacial score (nSPS) is 35.4. The maximum Gasteiger partial charge on any atom is 0.108 e. The van der Waals surface area contributed by atoms with Gasteiger partial charge in [0.15, 0.2) is 0 Å². The first-order chi connectivity index (χ1) is 9.60. The zero-order valence-electron chi connectivity index (χ0n) is 13.4. The van der Waals surface area contributed by atoms with E-state index in [1.807, 2.05) is 0 Å². The van der Waals surface area contributed by atoms with Gasteiger partial charge in [-0.1, -0.05) is 6.92 Å². The number of likely N-dealkylation sites (N-methyl/N-ethyl adjacent to an activating group) is 2. The van der Waals surface area contributed by atoms with Crippen molar-refractivity contribution in [2.24, 2.45) is 0 Å². The molecule has 1 N–H and O–H groups in total. The van der Waals surface area contributed by atoms with Crippen molar-refractivity contribution in [3.63, 3.8) is 0 Å². The molecule has 1 heterocycles. The highest BCUT2D eigenvalue weighted by atomic mass is 15.2. The summed E-state index contributed by atoms with van der Waals surface area (Å²) in [7, 11) is 4.49. The Balaban J connectivity index is 1.92. The summed E-state index contributed by atoms with van der Waals surface area (Å²) < 4.78 is 0. The van der Waals surface area contributed by atoms with Crippen LogP contribution < -0.4 is 5.32 Å². The lowest BCUT2D eigenvalue weighted by Gasteiger charge is -2.41. The molecule has 114 valence electrons. The van der Waals surface area contributed by atoms with E-state index in [4.69, 9.17) is 0 Å². The third kappa shape index (κ3) is 3.52. The van der Waals surface area contributed by atoms with Crippen LogP contribution in [0.15, 0.2) is 0 Å². The number of hydrogen-bond donors (Lipinski definition) is 1. The van der Waals surface area contributed by atoms with Gasteiger partial charge in [-0.25, -0.2) is 0 Å². The standard InChI is InChI=1S/C16H30N4/c1-4-18-16(13-17)9-5-7-14(11-16)20(3)12-15-8-6-10-19(15)2/h14-15,18H,4-12H2,1-3H3. The summed E-state index contributed by atoms with van der Waals surface area (Å²) >= 11 is 0. The van der Waals surface area contributed by atoms with Crippen molar-refractivity contribution >= 4 is 0 Å². The zero-order valence-corrected chi connectivity index (χ0v) is 13.4. The van der Waals surface area contributed by atoms with Gasteiger partial charge in [-0.05, 0) is 65.7 Å². The minimum Gasteiger partial charge on any atom is -0.302 e. The number of nitrogens with one attached hydrogen (secondary N) is 1. The lowest BCUT2D eigenvalue weighted by atomic mass is 9.79. The SMILES string of the molecule is CCNC1(C#N)CCCC(N(C)CC2CCCN2C)C1. The summed E-state index contributed by atoms with van der Waals surface area (Å²) in [5.74, 6) is 0. The Bertz CT molecular complexity index is 347. The Morgan fingerprint density at radius 3 is 2.80 bits per heavy atom. The number of nitriles is 1. The quantitative estimate of drug-likeness (QED) is 0.833. The summed E-state index contributed by atoms with van der Waals surface area (Å²) in [6.07, 6.45) is 7.04. The second kappa shape index (κ2) is 6.89. The van der Waals surface area contributed by atoms with E-state index in [-0.39, 0.29) is 5.54 Å². The van der Waals surface area contributed by atoms with Gasteiger partial charge >= 0.3 is 0 Å². The highest BCUT2D eigenvalue weighted by molar-refractivity contribution is 5.11. The van der Waals surface area contributed by atoms with Crippen LogP contribution in [0.3, 0.4) is 0 Å². The first-order valence-corrected chi connectivity index (χ1v) is 8.17. The smallest absolute Gasteiger partial charge is 0.108 e. The van der Waals surface area contributed by atoms with Crippen molar-refractivity contribution < 1.29 is 0 Å². The number of likely N-dealkylation sites (tertiary alicyclic amines) is 1. The molecule has 0 aromatic heterocycles. The minimum absolute atomic E-state index is 0.284. The molecule has 0 amide bonds. The van der Waals surface area contributed by atoms with E-state index in [9.17, 15) is 5.26 Å². The average molecular weight is 278 g/mol. The Hall–Kier alpha value is -0.630. The Morgan fingerprint density at radius 2 is 2.20 bits per heavy atom. The molecule has 1 saturated carbocycles. The van der Waals surface area contributed by atoms with Crippen LogP contribution in [0.2, 0.25) is 0 Å². The van der Waals surface area contributed by atoms with Crippen LogP contribution in [0.25, 0.3) is 0 Å². The second-order valence-corrected chi connectivity index (χ2v) is 6.69. The third-order valence-electron chi connectivity index (χ3n) is 5.25. The van der Waals surface area contributed by atoms with E-state index in [0.29, 0.717) is 12.1 Å². The second-order valence-electron chi connectivity index (χ2n) is 6.69. The topological polar surface area (TPSA) is 42.3 Å². The van der Waals surface area contributed by atoms with E-state index < -0.39 is 0 Å². The predicted molar refractivity (Wildman–Crippen MR) is 82.6 cm³/mol. The van der Waals surface area contributed by atoms with Gasteiger partial charge in [-0.15, -0.1) is 0 Å². The van der Waals surface area contributed by atoms with Gasteiger partial charge in [-0.2, -0.15) is 5.26 Å². The number of nitrogens with zero attached hydrogens (tertiary/aromatic N) is 3. The third-order valence-corrected chi connectivity index (χ3v) is 5.25. The molecule has 0 aromatic carbocycles. The summed E-state index contributed by atoms with van der Waals surface area (Å²) in [4.78, 5) is 5.00. The zero-order chi connectivity index (χ0) is 14.6. The molecule has 0 spiro atoms. The molecule has 1 saturated heterocycles. The summed E-state index contributed by atoms with van der Waals surface area (Å²) in [5.41, 5.74) is -0.284. The fraction of sp³-hybridized carbons (Fsp3) is 0.938. The molecule has 3 unspecified atom stereocenters. The summed E-state index contributed by atoms with van der Waals surface area (Å²) in [6.45, 7) is 5.37. The fourth-order valence-electron chi connectivity index (χ4n) is 3.95. The van der Waals surface area contributed by atoms with Gasteiger partial charge in [0, 0.05) is 18.6 Å². The maximum atomic E-state index is 9.56. The van der Waals surface area contributed by atoms with E-state index >= 15 is 0 Å². The van der Waals surface area contributed by atoms with Crippen LogP contribution in [0.4, 0.5) is 0 Å². The fourth-order valence-corrected chi connectivity index (χ4v) is 3.95. The molecule has 0 aromatic rings. The van der Waals surface area contributed by atoms with Gasteiger partial charge < -0.3 is 9.80 Å². The average Bonchev–Trinajstić information content (AvgIpc) is 2.85. The largest absolute Gasteiger partial charge is 0.302 e. The summed E-state index contributed by atoms with van der Waals surface area (Å²) in [5, 5.41) is 13.0. The number of rotatable bonds is 5. The van der Waals surface area contributed by atoms with Crippen LogP contribution in [-0.2, 0) is 0 Å². The lowest BCUT2D eigenvalue weighted by molar-refractivity contribution is 0.119. The van der Waals surface area contributed by atoms with Crippen molar-refractivity contribution in [1.82, 2.24) is 15.1 Å². The van der Waals surface area contributed by atoms with E-state index in [1.165, 1.54) is 25.8 Å². The molecule has 0 radical (unpaired) electrons. The van der Waals surface area contributed by atoms with Crippen LogP contribution >= 0.6 is 0 Å². The van der Waals surface area contributed by atoms with Crippen molar-refractivity contribution in [1.29, 1.82) is 5.26 Å². The molecule has 0 bridgehead atoms. The molecule has 1 aliphatic carbocycles. The van der Waals surface area contributed by atoms with Gasteiger partial charge in [0.2, 0.25) is 0 Å². The van der Waals surface area contributed by atoms with Crippen molar-refractivity contribution in [3.8, 4) is 6.07 Å². The minimum atomic E-state index is -0.284. The van der Waals surface area contributed by atoms with Crippen molar-refractivity contribution in [2.45, 2.75) is 63.1 Å². The summed E-state index contributed by atoms with van der Waals surface area (Å²) in [6, 6.07) is 3.82. The molecular formula is C16H30N4. The predicted octanol–water partition coefficient (Wildman–Crippen LogP) is 1.83. The molecular weight excluding hydrogens is 248 g/mol. The van der Waals surface area contributed by atoms with Crippen LogP contribution in [0.1, 0.15) is 45.4 Å². The Kier molecular flexibility index (Phi) is 5.42. The van der Waals surface area contributed by atoms with E-state index in [0.717, 1.165) is 32.4 Å². The van der Waals surface area contributed by atoms with Crippen molar-refractivity contribution in [3.05, 3.63) is 0 Å². The maximum absolute atomic E-state index is 9.56. The molecule has 3 atom stereocenters. The van der Waals surface area contributed by atoms with Crippen molar-refractivity contribution in [2.75, 3.05) is 33.7 Å². The molecule has 4 nitrogen and oxygen atoms in total. The monoisotopic (exact) mass is 278 g/mol. The molecule has 2 fully saturated rings. The highest BCUT2D eigenvalue weighted by Crippen LogP contribution is 2.31. The first kappa shape index (κ1) is 15.8. The Morgan fingerprint density at radius 1 is 1.40 bits per heavy atom. The molecule has 1 aliphatic heterocycles.